The second-order valence-corrected chi connectivity index (χ2v) is 14.4. The molecule has 2 heterocycles. The lowest BCUT2D eigenvalue weighted by Gasteiger charge is -2.65. The minimum atomic E-state index is -1.34. The van der Waals surface area contributed by atoms with Crippen LogP contribution in [0.4, 0.5) is 0 Å². The fourth-order valence-electron chi connectivity index (χ4n) is 10.1. The first kappa shape index (κ1) is 30.7. The minimum Gasteiger partial charge on any atom is -0.461 e. The van der Waals surface area contributed by atoms with Crippen LogP contribution in [-0.2, 0) is 28.5 Å². The van der Waals surface area contributed by atoms with Gasteiger partial charge in [-0.1, -0.05) is 13.8 Å². The van der Waals surface area contributed by atoms with Gasteiger partial charge in [-0.2, -0.15) is 0 Å². The van der Waals surface area contributed by atoms with Crippen molar-refractivity contribution in [1.82, 2.24) is 0 Å². The van der Waals surface area contributed by atoms with Crippen LogP contribution in [0.15, 0.2) is 11.6 Å². The Balaban J connectivity index is 1.24. The number of hydrogen-bond acceptors (Lipinski definition) is 10. The lowest BCUT2D eigenvalue weighted by Crippen LogP contribution is -2.67. The van der Waals surface area contributed by atoms with Crippen molar-refractivity contribution >= 4 is 23.5 Å². The second kappa shape index (κ2) is 11.0. The number of aliphatic hydroxyl groups is 4. The van der Waals surface area contributed by atoms with E-state index in [-0.39, 0.29) is 53.6 Å². The third-order valence-electron chi connectivity index (χ3n) is 12.5. The Morgan fingerprint density at radius 2 is 1.81 bits per heavy atom. The van der Waals surface area contributed by atoms with Crippen molar-refractivity contribution < 1.29 is 49.0 Å². The molecule has 0 aromatic rings. The van der Waals surface area contributed by atoms with Gasteiger partial charge in [-0.05, 0) is 93.0 Å². The molecule has 5 fully saturated rings. The van der Waals surface area contributed by atoms with Crippen LogP contribution >= 0.6 is 11.6 Å². The second-order valence-electron chi connectivity index (χ2n) is 14.2. The first-order valence-corrected chi connectivity index (χ1v) is 16.1. The molecule has 4 N–H and O–H groups in total. The minimum absolute atomic E-state index is 0.0109. The summed E-state index contributed by atoms with van der Waals surface area (Å²) >= 11 is 5.90. The maximum Gasteiger partial charge on any atom is 0.331 e. The van der Waals surface area contributed by atoms with E-state index >= 15 is 0 Å². The summed E-state index contributed by atoms with van der Waals surface area (Å²) in [7, 11) is 0. The van der Waals surface area contributed by atoms with E-state index in [2.05, 4.69) is 6.92 Å². The van der Waals surface area contributed by atoms with Gasteiger partial charge in [0.15, 0.2) is 6.29 Å². The summed E-state index contributed by atoms with van der Waals surface area (Å²) in [4.78, 5) is 24.6. The molecule has 4 saturated carbocycles. The molecule has 0 aromatic heterocycles. The molecule has 6 aliphatic rings. The molecule has 0 spiro atoms. The van der Waals surface area contributed by atoms with Gasteiger partial charge in [0.2, 0.25) is 0 Å². The lowest BCUT2D eigenvalue weighted by atomic mass is 9.42. The summed E-state index contributed by atoms with van der Waals surface area (Å²) in [6.07, 6.45) is 1.13. The zero-order chi connectivity index (χ0) is 30.2. The maximum atomic E-state index is 12.7. The monoisotopic (exact) mass is 612 g/mol. The molecule has 4 aliphatic carbocycles. The van der Waals surface area contributed by atoms with Crippen molar-refractivity contribution in [2.75, 3.05) is 12.5 Å². The van der Waals surface area contributed by atoms with Crippen LogP contribution in [0.2, 0.25) is 0 Å². The Morgan fingerprint density at radius 1 is 1.05 bits per heavy atom. The van der Waals surface area contributed by atoms with Crippen LogP contribution in [0, 0.1) is 34.5 Å². The highest BCUT2D eigenvalue weighted by Crippen LogP contribution is 2.70. The number of fused-ring (bicyclic) bond motifs is 5. The molecule has 0 radical (unpaired) electrons. The van der Waals surface area contributed by atoms with Gasteiger partial charge in [0.05, 0.1) is 17.8 Å². The predicted octanol–water partition coefficient (Wildman–Crippen LogP) is 2.22. The van der Waals surface area contributed by atoms with Gasteiger partial charge in [-0.3, -0.25) is 4.79 Å². The van der Waals surface area contributed by atoms with Crippen LogP contribution in [0.25, 0.3) is 0 Å². The molecule has 0 bridgehead atoms. The van der Waals surface area contributed by atoms with Gasteiger partial charge < -0.3 is 39.4 Å². The van der Waals surface area contributed by atoms with Gasteiger partial charge in [0, 0.05) is 11.5 Å². The van der Waals surface area contributed by atoms with Crippen LogP contribution in [0.1, 0.15) is 72.1 Å². The summed E-state index contributed by atoms with van der Waals surface area (Å²) in [5, 5.41) is 43.5. The molecule has 42 heavy (non-hydrogen) atoms. The zero-order valence-electron chi connectivity index (χ0n) is 24.6. The van der Waals surface area contributed by atoms with Crippen LogP contribution in [-0.4, -0.2) is 93.4 Å². The van der Waals surface area contributed by atoms with Crippen molar-refractivity contribution in [2.24, 2.45) is 34.5 Å². The Bertz CT molecular complexity index is 1120. The number of aliphatic hydroxyl groups excluding tert-OH is 3. The first-order valence-electron chi connectivity index (χ1n) is 15.5. The number of carbonyl (C=O) groups excluding carboxylic acids is 2. The van der Waals surface area contributed by atoms with Gasteiger partial charge in [-0.25, -0.2) is 4.79 Å². The average Bonchev–Trinajstić information content (AvgIpc) is 3.51. The van der Waals surface area contributed by atoms with E-state index in [1.807, 2.05) is 6.92 Å². The summed E-state index contributed by atoms with van der Waals surface area (Å²) in [6.45, 7) is 6.17. The summed E-state index contributed by atoms with van der Waals surface area (Å²) in [5.41, 5.74) is -1.14. The van der Waals surface area contributed by atoms with E-state index in [4.69, 9.17) is 30.5 Å². The highest BCUT2D eigenvalue weighted by atomic mass is 35.5. The normalized spacial score (nSPS) is 52.0. The molecule has 0 amide bonds. The van der Waals surface area contributed by atoms with Crippen LogP contribution in [0.3, 0.4) is 0 Å². The number of rotatable bonds is 5. The predicted molar refractivity (Wildman–Crippen MR) is 149 cm³/mol. The SMILES string of the molecule is CC1O[C@@H](OC2CCC3(C)C(CCC4C3CC(OC(=O)CCl)C3(C)C(C5=CC(=O)OC5)CCC43O)C2)C(O)C(O)[C@H]1O. The number of halogens is 1. The number of cyclic esters (lactones) is 1. The van der Waals surface area contributed by atoms with E-state index in [1.54, 1.807) is 13.0 Å². The number of carbonyl (C=O) groups is 2. The molecule has 236 valence electrons. The van der Waals surface area contributed by atoms with E-state index in [1.165, 1.54) is 0 Å². The molecule has 14 atom stereocenters. The number of alkyl halides is 1. The topological polar surface area (TPSA) is 152 Å². The molecule has 1 saturated heterocycles. The first-order chi connectivity index (χ1) is 19.8. The molecular formula is C31H45ClO10. The van der Waals surface area contributed by atoms with Gasteiger partial charge in [0.1, 0.15) is 36.9 Å². The van der Waals surface area contributed by atoms with Crippen molar-refractivity contribution in [3.63, 3.8) is 0 Å². The van der Waals surface area contributed by atoms with Crippen LogP contribution in [0.5, 0.6) is 0 Å². The largest absolute Gasteiger partial charge is 0.461 e. The Hall–Kier alpha value is -1.27. The fourth-order valence-corrected chi connectivity index (χ4v) is 10.2. The number of esters is 2. The Labute approximate surface area is 251 Å². The Kier molecular flexibility index (Phi) is 8.02. The molecule has 11 heteroatoms. The van der Waals surface area contributed by atoms with Crippen molar-refractivity contribution in [3.05, 3.63) is 11.6 Å². The van der Waals surface area contributed by atoms with Crippen molar-refractivity contribution in [2.45, 2.75) is 121 Å². The summed E-state index contributed by atoms with van der Waals surface area (Å²) in [6, 6.07) is 0. The van der Waals surface area contributed by atoms with Gasteiger partial charge >= 0.3 is 11.9 Å². The molecule has 10 nitrogen and oxygen atoms in total. The summed E-state index contributed by atoms with van der Waals surface area (Å²) in [5.74, 6) is -0.899. The van der Waals surface area contributed by atoms with Gasteiger partial charge in [-0.15, -0.1) is 11.6 Å². The number of ether oxygens (including phenoxy) is 4. The summed E-state index contributed by atoms with van der Waals surface area (Å²) < 4.78 is 23.3. The number of hydrogen-bond donors (Lipinski definition) is 4. The zero-order valence-corrected chi connectivity index (χ0v) is 25.4. The molecule has 6 rings (SSSR count). The van der Waals surface area contributed by atoms with E-state index < -0.39 is 53.8 Å². The third kappa shape index (κ3) is 4.58. The molecule has 0 aromatic carbocycles. The van der Waals surface area contributed by atoms with Gasteiger partial charge in [0.25, 0.3) is 0 Å². The quantitative estimate of drug-likeness (QED) is 0.207. The smallest absolute Gasteiger partial charge is 0.331 e. The molecule has 2 aliphatic heterocycles. The van der Waals surface area contributed by atoms with Crippen molar-refractivity contribution in [1.29, 1.82) is 0 Å². The molecule has 12 unspecified atom stereocenters. The average molecular weight is 613 g/mol. The maximum absolute atomic E-state index is 12.7. The van der Waals surface area contributed by atoms with E-state index in [9.17, 15) is 30.0 Å². The van der Waals surface area contributed by atoms with Crippen LogP contribution < -0.4 is 0 Å². The van der Waals surface area contributed by atoms with E-state index in [0.29, 0.717) is 25.7 Å². The standard InChI is InChI=1S/C31H45ClO10/c1-15-25(35)26(36)27(37)28(40-15)41-18-6-8-29(2)17(11-18)4-5-20-21(29)12-22(42-24(34)13-32)30(3)19(7-9-31(20,30)38)16-10-23(33)39-14-16/h10,15,17-22,25-28,35-38H,4-9,11-14H2,1-3H3/t15?,17?,18?,19?,20?,21?,22?,25-,26?,27?,28-,29?,30?,31?/m0/s1. The third-order valence-corrected chi connectivity index (χ3v) is 12.7. The highest BCUT2D eigenvalue weighted by Gasteiger charge is 2.72. The fraction of sp³-hybridized carbons (Fsp3) is 0.871. The Morgan fingerprint density at radius 3 is 2.50 bits per heavy atom. The molecular weight excluding hydrogens is 568 g/mol. The van der Waals surface area contributed by atoms with E-state index in [0.717, 1.165) is 31.3 Å². The van der Waals surface area contributed by atoms with Crippen molar-refractivity contribution in [3.8, 4) is 0 Å². The highest BCUT2D eigenvalue weighted by molar-refractivity contribution is 6.26. The lowest BCUT2D eigenvalue weighted by molar-refractivity contribution is -0.311.